The van der Waals surface area contributed by atoms with Crippen LogP contribution in [0.3, 0.4) is 0 Å². The number of aryl methyl sites for hydroxylation is 1. The number of carbonyl (C=O) groups excluding carboxylic acids is 1. The second kappa shape index (κ2) is 9.21. The number of nitrogens with zero attached hydrogens (tertiary/aromatic N) is 3. The minimum absolute atomic E-state index is 0.00774. The fourth-order valence-corrected chi connectivity index (χ4v) is 6.31. The van der Waals surface area contributed by atoms with Crippen molar-refractivity contribution in [2.24, 2.45) is 7.05 Å². The van der Waals surface area contributed by atoms with Crippen LogP contribution in [0.5, 0.6) is 11.5 Å². The zero-order valence-corrected chi connectivity index (χ0v) is 21.1. The molecule has 1 spiro atoms. The van der Waals surface area contributed by atoms with Gasteiger partial charge in [0.15, 0.2) is 0 Å². The number of benzene rings is 2. The van der Waals surface area contributed by atoms with Crippen LogP contribution in [0.25, 0.3) is 10.9 Å². The Bertz CT molecular complexity index is 1240. The van der Waals surface area contributed by atoms with Crippen LogP contribution in [-0.4, -0.2) is 65.8 Å². The highest BCUT2D eigenvalue weighted by atomic mass is 16.5. The molecule has 0 bridgehead atoms. The van der Waals surface area contributed by atoms with Gasteiger partial charge < -0.3 is 24.0 Å². The SMILES string of the molecule is COc1ccc2c3c(n(C)c2c1)[C@@H](CO)N(C(C)=O)CC31CCN(Cc2ccccc2OC)CC1. The number of aliphatic hydroxyl groups excluding tert-OH is 1. The van der Waals surface area contributed by atoms with Crippen LogP contribution in [0.4, 0.5) is 0 Å². The highest BCUT2D eigenvalue weighted by molar-refractivity contribution is 5.89. The molecule has 7 nitrogen and oxygen atoms in total. The van der Waals surface area contributed by atoms with Crippen LogP contribution in [0.1, 0.15) is 42.6 Å². The van der Waals surface area contributed by atoms with Crippen molar-refractivity contribution in [2.45, 2.75) is 37.8 Å². The van der Waals surface area contributed by atoms with Gasteiger partial charge in [-0.3, -0.25) is 9.69 Å². The van der Waals surface area contributed by atoms with Crippen LogP contribution in [0, 0.1) is 0 Å². The molecule has 0 unspecified atom stereocenters. The molecule has 2 aliphatic heterocycles. The molecule has 0 aliphatic carbocycles. The Morgan fingerprint density at radius 2 is 1.86 bits per heavy atom. The highest BCUT2D eigenvalue weighted by Gasteiger charge is 2.48. The predicted molar refractivity (Wildman–Crippen MR) is 136 cm³/mol. The van der Waals surface area contributed by atoms with Crippen molar-refractivity contribution < 1.29 is 19.4 Å². The largest absolute Gasteiger partial charge is 0.497 e. The lowest BCUT2D eigenvalue weighted by Gasteiger charge is -2.50. The number of hydrogen-bond acceptors (Lipinski definition) is 5. The van der Waals surface area contributed by atoms with E-state index in [9.17, 15) is 9.90 Å². The van der Waals surface area contributed by atoms with Gasteiger partial charge in [-0.05, 0) is 49.7 Å². The van der Waals surface area contributed by atoms with Crippen molar-refractivity contribution in [1.82, 2.24) is 14.4 Å². The number of likely N-dealkylation sites (tertiary alicyclic amines) is 1. The standard InChI is InChI=1S/C28H35N3O4/c1-19(33)31-18-28(11-13-30(14-12-28)16-20-7-5-6-8-25(20)35-4)26-22-10-9-21(34-3)15-23(22)29(2)27(26)24(31)17-32/h5-10,15,24,32H,11-14,16-18H2,1-4H3/t24-/m1/s1. The van der Waals surface area contributed by atoms with Crippen LogP contribution in [0.2, 0.25) is 0 Å². The molecule has 7 heteroatoms. The fraction of sp³-hybridized carbons (Fsp3) is 0.464. The molecule has 1 fully saturated rings. The predicted octanol–water partition coefficient (Wildman–Crippen LogP) is 3.62. The smallest absolute Gasteiger partial charge is 0.220 e. The van der Waals surface area contributed by atoms with Gasteiger partial charge in [-0.1, -0.05) is 18.2 Å². The quantitative estimate of drug-likeness (QED) is 0.608. The molecule has 2 aromatic carbocycles. The summed E-state index contributed by atoms with van der Waals surface area (Å²) in [5, 5.41) is 11.6. The van der Waals surface area contributed by atoms with E-state index in [1.165, 1.54) is 16.5 Å². The first-order valence-electron chi connectivity index (χ1n) is 12.3. The number of fused-ring (bicyclic) bond motifs is 4. The van der Waals surface area contributed by atoms with E-state index in [1.807, 2.05) is 30.1 Å². The van der Waals surface area contributed by atoms with Gasteiger partial charge in [0.1, 0.15) is 11.5 Å². The van der Waals surface area contributed by atoms with Gasteiger partial charge in [0.05, 0.1) is 32.4 Å². The molecule has 5 rings (SSSR count). The molecule has 1 amide bonds. The van der Waals surface area contributed by atoms with E-state index >= 15 is 0 Å². The summed E-state index contributed by atoms with van der Waals surface area (Å²) in [7, 11) is 5.44. The van der Waals surface area contributed by atoms with Crippen LogP contribution in [0.15, 0.2) is 42.5 Å². The van der Waals surface area contributed by atoms with Crippen molar-refractivity contribution >= 4 is 16.8 Å². The van der Waals surface area contributed by atoms with Crippen molar-refractivity contribution in [3.05, 3.63) is 59.3 Å². The normalized spacial score (nSPS) is 19.7. The zero-order chi connectivity index (χ0) is 24.7. The molecule has 2 aliphatic rings. The molecule has 1 saturated heterocycles. The molecule has 1 atom stereocenters. The maximum Gasteiger partial charge on any atom is 0.220 e. The summed E-state index contributed by atoms with van der Waals surface area (Å²) in [4.78, 5) is 17.1. The Balaban J connectivity index is 1.54. The number of carbonyl (C=O) groups is 1. The summed E-state index contributed by atoms with van der Waals surface area (Å²) in [6.07, 6.45) is 1.89. The molecule has 1 aromatic heterocycles. The van der Waals surface area contributed by atoms with E-state index in [2.05, 4.69) is 33.7 Å². The second-order valence-electron chi connectivity index (χ2n) is 9.92. The van der Waals surface area contributed by atoms with E-state index in [-0.39, 0.29) is 24.0 Å². The van der Waals surface area contributed by atoms with E-state index in [0.29, 0.717) is 6.54 Å². The number of aromatic nitrogens is 1. The number of piperidine rings is 1. The second-order valence-corrected chi connectivity index (χ2v) is 9.92. The Morgan fingerprint density at radius 1 is 1.11 bits per heavy atom. The number of rotatable bonds is 5. The maximum atomic E-state index is 12.8. The monoisotopic (exact) mass is 477 g/mol. The number of aliphatic hydroxyl groups is 1. The zero-order valence-electron chi connectivity index (χ0n) is 21.1. The lowest BCUT2D eigenvalue weighted by Crippen LogP contribution is -2.55. The van der Waals surface area contributed by atoms with Gasteiger partial charge in [-0.25, -0.2) is 0 Å². The van der Waals surface area contributed by atoms with Gasteiger partial charge >= 0.3 is 0 Å². The average Bonchev–Trinajstić information content (AvgIpc) is 3.18. The third-order valence-electron chi connectivity index (χ3n) is 8.13. The van der Waals surface area contributed by atoms with E-state index in [1.54, 1.807) is 21.1 Å². The lowest BCUT2D eigenvalue weighted by molar-refractivity contribution is -0.135. The van der Waals surface area contributed by atoms with Crippen LogP contribution in [-0.2, 0) is 23.8 Å². The molecule has 0 saturated carbocycles. The van der Waals surface area contributed by atoms with E-state index < -0.39 is 0 Å². The number of hydrogen-bond donors (Lipinski definition) is 1. The summed E-state index contributed by atoms with van der Waals surface area (Å²) >= 11 is 0. The Hall–Kier alpha value is -3.03. The maximum absolute atomic E-state index is 12.8. The third kappa shape index (κ3) is 3.87. The summed E-state index contributed by atoms with van der Waals surface area (Å²) in [6.45, 7) is 4.86. The molecule has 3 aromatic rings. The molecular formula is C28H35N3O4. The lowest BCUT2D eigenvalue weighted by atomic mass is 9.68. The number of methoxy groups -OCH3 is 2. The summed E-state index contributed by atoms with van der Waals surface area (Å²) < 4.78 is 13.2. The average molecular weight is 478 g/mol. The summed E-state index contributed by atoms with van der Waals surface area (Å²) in [5.41, 5.74) is 4.46. The molecule has 0 radical (unpaired) electrons. The minimum atomic E-state index is -0.344. The van der Waals surface area contributed by atoms with Gasteiger partial charge in [0.25, 0.3) is 0 Å². The van der Waals surface area contributed by atoms with Crippen molar-refractivity contribution in [3.8, 4) is 11.5 Å². The summed E-state index contributed by atoms with van der Waals surface area (Å²) in [6, 6.07) is 14.1. The fourth-order valence-electron chi connectivity index (χ4n) is 6.31. The number of para-hydroxylation sites is 1. The van der Waals surface area contributed by atoms with Crippen molar-refractivity contribution in [1.29, 1.82) is 0 Å². The number of ether oxygens (including phenoxy) is 2. The third-order valence-corrected chi connectivity index (χ3v) is 8.13. The first-order valence-corrected chi connectivity index (χ1v) is 12.3. The molecule has 186 valence electrons. The first kappa shape index (κ1) is 23.7. The molecular weight excluding hydrogens is 442 g/mol. The highest BCUT2D eigenvalue weighted by Crippen LogP contribution is 2.50. The van der Waals surface area contributed by atoms with Crippen molar-refractivity contribution in [2.75, 3.05) is 40.5 Å². The van der Waals surface area contributed by atoms with Gasteiger partial charge in [0, 0.05) is 55.2 Å². The Labute approximate surface area is 206 Å². The Morgan fingerprint density at radius 3 is 2.51 bits per heavy atom. The first-order chi connectivity index (χ1) is 16.9. The molecule has 1 N–H and O–H groups in total. The summed E-state index contributed by atoms with van der Waals surface area (Å²) in [5.74, 6) is 1.73. The van der Waals surface area contributed by atoms with E-state index in [0.717, 1.165) is 55.2 Å². The van der Waals surface area contributed by atoms with E-state index in [4.69, 9.17) is 9.47 Å². The number of amides is 1. The Kier molecular flexibility index (Phi) is 6.23. The molecule has 3 heterocycles. The van der Waals surface area contributed by atoms with Gasteiger partial charge in [0.2, 0.25) is 5.91 Å². The minimum Gasteiger partial charge on any atom is -0.497 e. The van der Waals surface area contributed by atoms with Crippen LogP contribution < -0.4 is 9.47 Å². The topological polar surface area (TPSA) is 67.2 Å². The van der Waals surface area contributed by atoms with Crippen LogP contribution >= 0.6 is 0 Å². The van der Waals surface area contributed by atoms with Gasteiger partial charge in [-0.2, -0.15) is 0 Å². The van der Waals surface area contributed by atoms with Gasteiger partial charge in [-0.15, -0.1) is 0 Å². The van der Waals surface area contributed by atoms with Crippen molar-refractivity contribution in [3.63, 3.8) is 0 Å². The molecule has 35 heavy (non-hydrogen) atoms.